The number of esters is 1. The van der Waals surface area contributed by atoms with E-state index in [1.54, 1.807) is 23.0 Å². The SMILES string of the molecule is CC(C)OC(=O)CSc1nc2sc3c(c2c(=O)n1C)CCC3. The molecule has 0 saturated carbocycles. The van der Waals surface area contributed by atoms with Crippen LogP contribution in [0.3, 0.4) is 0 Å². The first-order valence-electron chi connectivity index (χ1n) is 7.31. The molecule has 2 heterocycles. The number of hydrogen-bond acceptors (Lipinski definition) is 6. The Morgan fingerprint density at radius 1 is 1.45 bits per heavy atom. The van der Waals surface area contributed by atoms with Crippen LogP contribution in [0, 0.1) is 0 Å². The van der Waals surface area contributed by atoms with E-state index in [1.165, 1.54) is 22.2 Å². The Labute approximate surface area is 136 Å². The monoisotopic (exact) mass is 338 g/mol. The maximum absolute atomic E-state index is 12.6. The zero-order valence-electron chi connectivity index (χ0n) is 12.8. The molecule has 0 bridgehead atoms. The standard InChI is InChI=1S/C15H18N2O3S2/c1-8(2)20-11(18)7-21-15-16-13-12(14(19)17(15)3)9-5-4-6-10(9)22-13/h8H,4-7H2,1-3H3. The van der Waals surface area contributed by atoms with E-state index in [0.29, 0.717) is 5.16 Å². The Morgan fingerprint density at radius 2 is 2.23 bits per heavy atom. The Hall–Kier alpha value is -1.34. The third kappa shape index (κ3) is 2.79. The molecule has 22 heavy (non-hydrogen) atoms. The summed E-state index contributed by atoms with van der Waals surface area (Å²) in [7, 11) is 1.71. The van der Waals surface area contributed by atoms with Gasteiger partial charge in [-0.3, -0.25) is 14.2 Å². The lowest BCUT2D eigenvalue weighted by molar-refractivity contribution is -0.144. The molecule has 1 aliphatic carbocycles. The fourth-order valence-electron chi connectivity index (χ4n) is 2.66. The number of thiophene rings is 1. The molecule has 2 aromatic rings. The van der Waals surface area contributed by atoms with E-state index < -0.39 is 0 Å². The molecule has 2 aromatic heterocycles. The van der Waals surface area contributed by atoms with Crippen molar-refractivity contribution in [3.05, 3.63) is 20.8 Å². The molecule has 0 amide bonds. The predicted octanol–water partition coefficient (Wildman–Crippen LogP) is 2.53. The van der Waals surface area contributed by atoms with Gasteiger partial charge < -0.3 is 4.74 Å². The average Bonchev–Trinajstić information content (AvgIpc) is 3.00. The van der Waals surface area contributed by atoms with E-state index >= 15 is 0 Å². The first-order chi connectivity index (χ1) is 10.5. The van der Waals surface area contributed by atoms with E-state index in [0.717, 1.165) is 29.5 Å². The average molecular weight is 338 g/mol. The summed E-state index contributed by atoms with van der Waals surface area (Å²) in [6.07, 6.45) is 3.01. The van der Waals surface area contributed by atoms with Crippen molar-refractivity contribution in [1.29, 1.82) is 0 Å². The lowest BCUT2D eigenvalue weighted by Gasteiger charge is -2.09. The highest BCUT2D eigenvalue weighted by Crippen LogP contribution is 2.35. The van der Waals surface area contributed by atoms with Gasteiger partial charge in [0.25, 0.3) is 5.56 Å². The highest BCUT2D eigenvalue weighted by Gasteiger charge is 2.22. The maximum Gasteiger partial charge on any atom is 0.316 e. The number of hydrogen-bond donors (Lipinski definition) is 0. The smallest absolute Gasteiger partial charge is 0.316 e. The van der Waals surface area contributed by atoms with Crippen LogP contribution in [-0.4, -0.2) is 27.4 Å². The number of carbonyl (C=O) groups is 1. The van der Waals surface area contributed by atoms with Gasteiger partial charge in [0.2, 0.25) is 0 Å². The molecular formula is C15H18N2O3S2. The second-order valence-corrected chi connectivity index (χ2v) is 7.65. The summed E-state index contributed by atoms with van der Waals surface area (Å²) >= 11 is 2.87. The van der Waals surface area contributed by atoms with E-state index in [9.17, 15) is 9.59 Å². The molecule has 0 radical (unpaired) electrons. The Bertz CT molecular complexity index is 792. The second-order valence-electron chi connectivity index (χ2n) is 5.62. The van der Waals surface area contributed by atoms with Crippen molar-refractivity contribution >= 4 is 39.3 Å². The van der Waals surface area contributed by atoms with Crippen molar-refractivity contribution in [1.82, 2.24) is 9.55 Å². The van der Waals surface area contributed by atoms with Crippen LogP contribution in [0.5, 0.6) is 0 Å². The van der Waals surface area contributed by atoms with Crippen LogP contribution in [0.15, 0.2) is 9.95 Å². The molecule has 5 nitrogen and oxygen atoms in total. The number of fused-ring (bicyclic) bond motifs is 3. The first kappa shape index (κ1) is 15.6. The minimum atomic E-state index is -0.289. The summed E-state index contributed by atoms with van der Waals surface area (Å²) < 4.78 is 6.65. The van der Waals surface area contributed by atoms with E-state index in [1.807, 2.05) is 13.8 Å². The molecule has 7 heteroatoms. The molecule has 0 fully saturated rings. The summed E-state index contributed by atoms with van der Waals surface area (Å²) in [5, 5.41) is 1.34. The zero-order chi connectivity index (χ0) is 15.9. The van der Waals surface area contributed by atoms with Gasteiger partial charge in [0, 0.05) is 11.9 Å². The maximum atomic E-state index is 12.6. The molecule has 0 aliphatic heterocycles. The summed E-state index contributed by atoms with van der Waals surface area (Å²) in [5.41, 5.74) is 1.17. The van der Waals surface area contributed by atoms with Crippen LogP contribution in [0.2, 0.25) is 0 Å². The molecule has 1 aliphatic rings. The van der Waals surface area contributed by atoms with Crippen molar-refractivity contribution in [2.45, 2.75) is 44.4 Å². The van der Waals surface area contributed by atoms with Gasteiger partial charge in [-0.15, -0.1) is 11.3 Å². The van der Waals surface area contributed by atoms with Crippen molar-refractivity contribution in [3.63, 3.8) is 0 Å². The third-order valence-corrected chi connectivity index (χ3v) is 5.78. The Balaban J connectivity index is 1.90. The number of aryl methyl sites for hydroxylation is 2. The van der Waals surface area contributed by atoms with Crippen LogP contribution >= 0.6 is 23.1 Å². The molecular weight excluding hydrogens is 320 g/mol. The Morgan fingerprint density at radius 3 is 2.95 bits per heavy atom. The van der Waals surface area contributed by atoms with Gasteiger partial charge in [0.15, 0.2) is 5.16 Å². The van der Waals surface area contributed by atoms with Crippen LogP contribution in [0.1, 0.15) is 30.7 Å². The van der Waals surface area contributed by atoms with Crippen molar-refractivity contribution in [2.75, 3.05) is 5.75 Å². The highest BCUT2D eigenvalue weighted by molar-refractivity contribution is 7.99. The van der Waals surface area contributed by atoms with Gasteiger partial charge in [0.1, 0.15) is 4.83 Å². The molecule has 0 N–H and O–H groups in total. The van der Waals surface area contributed by atoms with Gasteiger partial charge in [-0.25, -0.2) is 4.98 Å². The Kier molecular flexibility index (Phi) is 4.27. The fraction of sp³-hybridized carbons (Fsp3) is 0.533. The quantitative estimate of drug-likeness (QED) is 0.487. The molecule has 0 spiro atoms. The molecule has 0 unspecified atom stereocenters. The number of aromatic nitrogens is 2. The predicted molar refractivity (Wildman–Crippen MR) is 88.8 cm³/mol. The summed E-state index contributed by atoms with van der Waals surface area (Å²) in [6, 6.07) is 0. The van der Waals surface area contributed by atoms with Gasteiger partial charge >= 0.3 is 5.97 Å². The number of nitrogens with zero attached hydrogens (tertiary/aromatic N) is 2. The van der Waals surface area contributed by atoms with Crippen LogP contribution in [-0.2, 0) is 29.4 Å². The minimum Gasteiger partial charge on any atom is -0.462 e. The summed E-state index contributed by atoms with van der Waals surface area (Å²) in [4.78, 5) is 30.9. The second kappa shape index (κ2) is 6.04. The van der Waals surface area contributed by atoms with Crippen molar-refractivity contribution in [2.24, 2.45) is 7.05 Å². The third-order valence-electron chi connectivity index (χ3n) is 3.59. The largest absolute Gasteiger partial charge is 0.462 e. The van der Waals surface area contributed by atoms with Gasteiger partial charge in [-0.1, -0.05) is 11.8 Å². The topological polar surface area (TPSA) is 61.2 Å². The van der Waals surface area contributed by atoms with Gasteiger partial charge in [-0.05, 0) is 38.7 Å². The minimum absolute atomic E-state index is 0.0101. The number of rotatable bonds is 4. The van der Waals surface area contributed by atoms with Gasteiger partial charge in [-0.2, -0.15) is 0 Å². The number of thioether (sulfide) groups is 1. The van der Waals surface area contributed by atoms with Crippen molar-refractivity contribution in [3.8, 4) is 0 Å². The fourth-order valence-corrected chi connectivity index (χ4v) is 4.71. The summed E-state index contributed by atoms with van der Waals surface area (Å²) in [5.74, 6) is -0.127. The summed E-state index contributed by atoms with van der Waals surface area (Å²) in [6.45, 7) is 3.63. The normalized spacial score (nSPS) is 13.8. The first-order valence-corrected chi connectivity index (χ1v) is 9.11. The van der Waals surface area contributed by atoms with E-state index in [-0.39, 0.29) is 23.4 Å². The molecule has 118 valence electrons. The van der Waals surface area contributed by atoms with Crippen LogP contribution < -0.4 is 5.56 Å². The number of carbonyl (C=O) groups excluding carboxylic acids is 1. The van der Waals surface area contributed by atoms with Crippen LogP contribution in [0.4, 0.5) is 0 Å². The lowest BCUT2D eigenvalue weighted by atomic mass is 10.2. The highest BCUT2D eigenvalue weighted by atomic mass is 32.2. The van der Waals surface area contributed by atoms with E-state index in [4.69, 9.17) is 4.74 Å². The molecule has 3 rings (SSSR count). The van der Waals surface area contributed by atoms with Gasteiger partial charge in [0.05, 0.1) is 17.2 Å². The lowest BCUT2D eigenvalue weighted by Crippen LogP contribution is -2.21. The number of ether oxygens (including phenoxy) is 1. The molecule has 0 aromatic carbocycles. The van der Waals surface area contributed by atoms with Crippen molar-refractivity contribution < 1.29 is 9.53 Å². The van der Waals surface area contributed by atoms with E-state index in [2.05, 4.69) is 4.98 Å². The van der Waals surface area contributed by atoms with Crippen LogP contribution in [0.25, 0.3) is 10.2 Å². The zero-order valence-corrected chi connectivity index (χ0v) is 14.5. The molecule has 0 atom stereocenters. The molecule has 0 saturated heterocycles.